The Bertz CT molecular complexity index is 1880. The lowest BCUT2D eigenvalue weighted by Gasteiger charge is -2.26. The molecule has 53 heavy (non-hydrogen) atoms. The minimum atomic E-state index is -4.80. The molecule has 0 saturated carbocycles. The number of urea groups is 1. The molecule has 3 aromatic rings. The van der Waals surface area contributed by atoms with Crippen LogP contribution in [0, 0.1) is 16.0 Å². The monoisotopic (exact) mass is 764 g/mol. The van der Waals surface area contributed by atoms with E-state index >= 15 is 0 Å². The Morgan fingerprint density at radius 3 is 2.26 bits per heavy atom. The minimum absolute atomic E-state index is 0.0593. The van der Waals surface area contributed by atoms with Crippen LogP contribution >= 0.6 is 11.6 Å². The van der Waals surface area contributed by atoms with Gasteiger partial charge in [0.15, 0.2) is 0 Å². The number of carbonyl (C=O) groups is 4. The highest BCUT2D eigenvalue weighted by Crippen LogP contribution is 2.38. The molecule has 0 aromatic heterocycles. The fourth-order valence-electron chi connectivity index (χ4n) is 6.02. The Morgan fingerprint density at radius 2 is 1.72 bits per heavy atom. The lowest BCUT2D eigenvalue weighted by atomic mass is 9.96. The van der Waals surface area contributed by atoms with Gasteiger partial charge in [0, 0.05) is 24.7 Å². The van der Waals surface area contributed by atoms with E-state index in [2.05, 4.69) is 5.32 Å². The van der Waals surface area contributed by atoms with Crippen molar-refractivity contribution >= 4 is 41.1 Å². The highest BCUT2D eigenvalue weighted by molar-refractivity contribution is 6.31. The molecular weight excluding hydrogens is 729 g/mol. The van der Waals surface area contributed by atoms with E-state index < -0.39 is 75.3 Å². The topological polar surface area (TPSA) is 178 Å². The quantitative estimate of drug-likeness (QED) is 0.149. The van der Waals surface area contributed by atoms with E-state index in [1.807, 2.05) is 0 Å². The van der Waals surface area contributed by atoms with Crippen LogP contribution in [0.5, 0.6) is 17.2 Å². The molecule has 0 bridgehead atoms. The van der Waals surface area contributed by atoms with Gasteiger partial charge in [0.25, 0.3) is 5.69 Å². The number of nitrogens with one attached hydrogen (secondary N) is 1. The molecule has 18 heteroatoms. The van der Waals surface area contributed by atoms with Gasteiger partial charge in [-0.25, -0.2) is 9.59 Å². The number of benzene rings is 3. The average Bonchev–Trinajstić information content (AvgIpc) is 3.23. The fourth-order valence-corrected chi connectivity index (χ4v) is 6.24. The van der Waals surface area contributed by atoms with Crippen LogP contribution in [0.15, 0.2) is 48.5 Å². The Morgan fingerprint density at radius 1 is 1.06 bits per heavy atom. The number of carbonyl (C=O) groups excluding carboxylic acids is 3. The molecule has 0 radical (unpaired) electrons. The average molecular weight is 765 g/mol. The van der Waals surface area contributed by atoms with E-state index in [1.165, 1.54) is 38.4 Å². The maximum atomic E-state index is 14.2. The van der Waals surface area contributed by atoms with E-state index in [1.54, 1.807) is 19.1 Å². The number of nitro benzene ring substituents is 1. The molecule has 14 nitrogen and oxygen atoms in total. The van der Waals surface area contributed by atoms with Crippen LogP contribution in [-0.4, -0.2) is 78.1 Å². The van der Waals surface area contributed by atoms with E-state index in [-0.39, 0.29) is 48.6 Å². The molecule has 1 saturated heterocycles. The first kappa shape index (κ1) is 40.2. The summed E-state index contributed by atoms with van der Waals surface area (Å²) in [7, 11) is 4.20. The van der Waals surface area contributed by atoms with Crippen molar-refractivity contribution in [3.8, 4) is 17.2 Å². The smallest absolute Gasteiger partial charge is 0.417 e. The first-order chi connectivity index (χ1) is 25.0. The molecule has 1 aliphatic rings. The molecule has 1 heterocycles. The number of amides is 4. The summed E-state index contributed by atoms with van der Waals surface area (Å²) in [5, 5.41) is 23.2. The molecule has 0 unspecified atom stereocenters. The second-order valence-electron chi connectivity index (χ2n) is 12.1. The van der Waals surface area contributed by atoms with Crippen LogP contribution in [0.3, 0.4) is 0 Å². The zero-order valence-electron chi connectivity index (χ0n) is 29.0. The zero-order chi connectivity index (χ0) is 39.2. The van der Waals surface area contributed by atoms with E-state index in [4.69, 9.17) is 25.8 Å². The number of carboxylic acids is 1. The number of hydrogen-bond donors (Lipinski definition) is 2. The summed E-state index contributed by atoms with van der Waals surface area (Å²) in [4.78, 5) is 66.2. The molecule has 0 spiro atoms. The molecule has 4 amide bonds. The van der Waals surface area contributed by atoms with Gasteiger partial charge in [-0.15, -0.1) is 0 Å². The number of rotatable bonds is 13. The fraction of sp³-hybridized carbons (Fsp3) is 0.371. The second kappa shape index (κ2) is 16.8. The Kier molecular flexibility index (Phi) is 12.8. The number of methoxy groups -OCH3 is 3. The number of hydrogen-bond acceptors (Lipinski definition) is 9. The Hall–Kier alpha value is -5.58. The van der Waals surface area contributed by atoms with Crippen LogP contribution < -0.4 is 19.5 Å². The lowest BCUT2D eigenvalue weighted by molar-refractivity contribution is -0.385. The SMILES string of the molecule is CCC[C@@H](NC(=O)N1CC(=O)N(Cc2c(OC)cc(OC)cc2OC)C[C@@H](Cc2ccc(Cl)c(C(F)(F)F)c2)C1=O)c1ccc(C(=O)O)c([N+](=O)[O-])c1. The highest BCUT2D eigenvalue weighted by atomic mass is 35.5. The third-order valence-electron chi connectivity index (χ3n) is 8.66. The summed E-state index contributed by atoms with van der Waals surface area (Å²) in [5.41, 5.74) is -1.80. The second-order valence-corrected chi connectivity index (χ2v) is 12.5. The van der Waals surface area contributed by atoms with E-state index in [0.29, 0.717) is 22.6 Å². The number of imide groups is 1. The number of aromatic carboxylic acids is 1. The maximum absolute atomic E-state index is 14.2. The Labute approximate surface area is 306 Å². The summed E-state index contributed by atoms with van der Waals surface area (Å²) in [6.07, 6.45) is -4.50. The third kappa shape index (κ3) is 9.27. The van der Waals surface area contributed by atoms with Crippen molar-refractivity contribution in [3.05, 3.63) is 91.5 Å². The highest BCUT2D eigenvalue weighted by Gasteiger charge is 2.40. The predicted molar refractivity (Wildman–Crippen MR) is 183 cm³/mol. The molecule has 4 rings (SSSR count). The number of nitrogens with zero attached hydrogens (tertiary/aromatic N) is 3. The van der Waals surface area contributed by atoms with Crippen molar-refractivity contribution in [1.29, 1.82) is 0 Å². The minimum Gasteiger partial charge on any atom is -0.496 e. The molecule has 2 atom stereocenters. The summed E-state index contributed by atoms with van der Waals surface area (Å²) in [5.74, 6) is -3.42. The van der Waals surface area contributed by atoms with Crippen molar-refractivity contribution in [1.82, 2.24) is 15.1 Å². The standard InChI is InChI=1S/C35H36ClF3N4O10/c1-5-6-27(20-8-9-23(33(46)47)28(13-20)43(49)50)40-34(48)42-18-31(44)41(17-24-29(52-3)14-22(51-2)15-30(24)53-4)16-21(32(42)45)11-19-7-10-26(36)25(12-19)35(37,38)39/h7-10,12-15,21,27H,5-6,11,16-18H2,1-4H3,(H,40,48)(H,46,47)/t21-,27-/m1/s1. The van der Waals surface area contributed by atoms with Gasteiger partial charge in [-0.3, -0.25) is 24.6 Å². The molecule has 284 valence electrons. The molecule has 0 aliphatic carbocycles. The number of halogens is 4. The molecule has 2 N–H and O–H groups in total. The third-order valence-corrected chi connectivity index (χ3v) is 8.99. The van der Waals surface area contributed by atoms with Crippen molar-refractivity contribution in [3.63, 3.8) is 0 Å². The summed E-state index contributed by atoms with van der Waals surface area (Å²) in [6.45, 7) is 0.468. The normalized spacial score (nSPS) is 15.4. The van der Waals surface area contributed by atoms with Crippen LogP contribution in [-0.2, 0) is 28.7 Å². The molecular formula is C35H36ClF3N4O10. The summed E-state index contributed by atoms with van der Waals surface area (Å²) in [6, 6.07) is 7.59. The first-order valence-electron chi connectivity index (χ1n) is 16.1. The predicted octanol–water partition coefficient (Wildman–Crippen LogP) is 6.27. The van der Waals surface area contributed by atoms with Gasteiger partial charge in [-0.2, -0.15) is 13.2 Å². The van der Waals surface area contributed by atoms with E-state index in [9.17, 15) is 47.6 Å². The van der Waals surface area contributed by atoms with Crippen LogP contribution in [0.4, 0.5) is 23.7 Å². The zero-order valence-corrected chi connectivity index (χ0v) is 29.7. The summed E-state index contributed by atoms with van der Waals surface area (Å²) >= 11 is 5.83. The maximum Gasteiger partial charge on any atom is 0.417 e. The van der Waals surface area contributed by atoms with Crippen molar-refractivity contribution in [2.75, 3.05) is 34.4 Å². The van der Waals surface area contributed by atoms with Gasteiger partial charge in [0.05, 0.1) is 60.9 Å². The largest absolute Gasteiger partial charge is 0.496 e. The van der Waals surface area contributed by atoms with Gasteiger partial charge in [0.2, 0.25) is 11.8 Å². The van der Waals surface area contributed by atoms with Crippen LogP contribution in [0.25, 0.3) is 0 Å². The van der Waals surface area contributed by atoms with Gasteiger partial charge < -0.3 is 29.5 Å². The van der Waals surface area contributed by atoms with Gasteiger partial charge in [0.1, 0.15) is 29.4 Å². The number of ether oxygens (including phenoxy) is 3. The van der Waals surface area contributed by atoms with E-state index in [0.717, 1.165) is 24.3 Å². The van der Waals surface area contributed by atoms with Crippen molar-refractivity contribution in [2.45, 2.75) is 44.9 Å². The van der Waals surface area contributed by atoms with Gasteiger partial charge in [-0.05, 0) is 42.2 Å². The molecule has 1 aliphatic heterocycles. The first-order valence-corrected chi connectivity index (χ1v) is 16.5. The summed E-state index contributed by atoms with van der Waals surface area (Å²) < 4.78 is 57.6. The number of alkyl halides is 3. The molecule has 1 fully saturated rings. The Balaban J connectivity index is 1.75. The molecule has 3 aromatic carbocycles. The van der Waals surface area contributed by atoms with Crippen molar-refractivity contribution < 1.29 is 56.6 Å². The van der Waals surface area contributed by atoms with Crippen LogP contribution in [0.2, 0.25) is 5.02 Å². The van der Waals surface area contributed by atoms with Crippen molar-refractivity contribution in [2.24, 2.45) is 5.92 Å². The number of nitro groups is 1. The lowest BCUT2D eigenvalue weighted by Crippen LogP contribution is -2.48. The number of carboxylic acid groups (broad SMARTS) is 1. The van der Waals surface area contributed by atoms with Gasteiger partial charge >= 0.3 is 18.2 Å². The van der Waals surface area contributed by atoms with Gasteiger partial charge in [-0.1, -0.05) is 37.1 Å². The van der Waals surface area contributed by atoms with Crippen LogP contribution in [0.1, 0.15) is 58.4 Å².